The summed E-state index contributed by atoms with van der Waals surface area (Å²) in [6.45, 7) is 1.83. The molecular weight excluding hydrogens is 234 g/mol. The third-order valence-electron chi connectivity index (χ3n) is 3.46. The summed E-state index contributed by atoms with van der Waals surface area (Å²) in [6.07, 6.45) is 0. The number of benzene rings is 2. The van der Waals surface area contributed by atoms with Gasteiger partial charge in [-0.05, 0) is 18.1 Å². The second kappa shape index (κ2) is 5.69. The maximum absolute atomic E-state index is 9.50. The molecule has 0 radical (unpaired) electrons. The number of nitrogens with zero attached hydrogens (tertiary/aromatic N) is 1. The Kier molecular flexibility index (Phi) is 3.99. The summed E-state index contributed by atoms with van der Waals surface area (Å²) >= 11 is 0. The summed E-state index contributed by atoms with van der Waals surface area (Å²) < 4.78 is 5.50. The quantitative estimate of drug-likeness (QED) is 0.829. The van der Waals surface area contributed by atoms with Crippen LogP contribution in [0.5, 0.6) is 0 Å². The molecule has 0 spiro atoms. The predicted molar refractivity (Wildman–Crippen MR) is 75.8 cm³/mol. The molecule has 0 amide bonds. The van der Waals surface area contributed by atoms with E-state index in [1.54, 1.807) is 7.11 Å². The lowest BCUT2D eigenvalue weighted by atomic mass is 9.79. The van der Waals surface area contributed by atoms with E-state index in [2.05, 4.69) is 6.07 Å². The topological polar surface area (TPSA) is 33.0 Å². The fourth-order valence-corrected chi connectivity index (χ4v) is 2.35. The Balaban J connectivity index is 2.56. The molecule has 2 rings (SSSR count). The van der Waals surface area contributed by atoms with Gasteiger partial charge in [0.05, 0.1) is 12.0 Å². The van der Waals surface area contributed by atoms with E-state index in [0.717, 1.165) is 11.1 Å². The van der Waals surface area contributed by atoms with Crippen LogP contribution in [0.4, 0.5) is 0 Å². The van der Waals surface area contributed by atoms with Gasteiger partial charge in [-0.25, -0.2) is 0 Å². The van der Waals surface area contributed by atoms with Crippen LogP contribution in [0.2, 0.25) is 0 Å². The molecule has 0 aliphatic carbocycles. The molecule has 0 N–H and O–H groups in total. The third kappa shape index (κ3) is 2.67. The number of hydrogen-bond donors (Lipinski definition) is 0. The van der Waals surface area contributed by atoms with Gasteiger partial charge in [-0.15, -0.1) is 0 Å². The van der Waals surface area contributed by atoms with Gasteiger partial charge in [0, 0.05) is 7.11 Å². The average Bonchev–Trinajstić information content (AvgIpc) is 2.49. The highest BCUT2D eigenvalue weighted by atomic mass is 16.5. The van der Waals surface area contributed by atoms with Crippen molar-refractivity contribution in [2.24, 2.45) is 0 Å². The van der Waals surface area contributed by atoms with Crippen LogP contribution in [-0.4, -0.2) is 12.7 Å². The standard InChI is InChI=1S/C17H17NO/c1-17(13-18,19-2)16(14-9-5-3-6-10-14)15-11-7-4-8-12-15/h3-12,16H,1-2H3. The van der Waals surface area contributed by atoms with Gasteiger partial charge >= 0.3 is 0 Å². The van der Waals surface area contributed by atoms with Gasteiger partial charge in [-0.3, -0.25) is 0 Å². The Morgan fingerprint density at radius 2 is 1.37 bits per heavy atom. The average molecular weight is 251 g/mol. The van der Waals surface area contributed by atoms with E-state index in [9.17, 15) is 5.26 Å². The Morgan fingerprint density at radius 3 is 1.68 bits per heavy atom. The van der Waals surface area contributed by atoms with E-state index >= 15 is 0 Å². The Hall–Kier alpha value is -2.11. The van der Waals surface area contributed by atoms with E-state index in [1.165, 1.54) is 0 Å². The SMILES string of the molecule is COC(C)(C#N)C(c1ccccc1)c1ccccc1. The van der Waals surface area contributed by atoms with Crippen LogP contribution in [0.15, 0.2) is 60.7 Å². The lowest BCUT2D eigenvalue weighted by Crippen LogP contribution is -2.34. The molecule has 0 saturated heterocycles. The van der Waals surface area contributed by atoms with Crippen molar-refractivity contribution >= 4 is 0 Å². The number of hydrogen-bond acceptors (Lipinski definition) is 2. The molecule has 0 saturated carbocycles. The Bertz CT molecular complexity index is 519. The van der Waals surface area contributed by atoms with Gasteiger partial charge in [-0.2, -0.15) is 5.26 Å². The minimum absolute atomic E-state index is 0.107. The van der Waals surface area contributed by atoms with Crippen molar-refractivity contribution in [1.29, 1.82) is 5.26 Å². The molecule has 0 fully saturated rings. The monoisotopic (exact) mass is 251 g/mol. The van der Waals surface area contributed by atoms with Crippen molar-refractivity contribution in [3.63, 3.8) is 0 Å². The first kappa shape index (κ1) is 13.3. The van der Waals surface area contributed by atoms with E-state index in [0.29, 0.717) is 0 Å². The second-order valence-electron chi connectivity index (χ2n) is 4.68. The van der Waals surface area contributed by atoms with Crippen molar-refractivity contribution in [2.45, 2.75) is 18.4 Å². The van der Waals surface area contributed by atoms with Crippen LogP contribution in [0.25, 0.3) is 0 Å². The zero-order valence-electron chi connectivity index (χ0n) is 11.2. The summed E-state index contributed by atoms with van der Waals surface area (Å²) in [5, 5.41) is 9.50. The van der Waals surface area contributed by atoms with Gasteiger partial charge in [0.2, 0.25) is 0 Å². The van der Waals surface area contributed by atoms with Crippen molar-refractivity contribution in [3.05, 3.63) is 71.8 Å². The van der Waals surface area contributed by atoms with E-state index in [1.807, 2.05) is 67.6 Å². The smallest absolute Gasteiger partial charge is 0.161 e. The lowest BCUT2D eigenvalue weighted by Gasteiger charge is -2.31. The predicted octanol–water partition coefficient (Wildman–Crippen LogP) is 3.75. The number of nitriles is 1. The van der Waals surface area contributed by atoms with Gasteiger partial charge < -0.3 is 4.74 Å². The summed E-state index contributed by atoms with van der Waals surface area (Å²) in [6, 6.07) is 22.3. The molecule has 1 unspecified atom stereocenters. The van der Waals surface area contributed by atoms with Crippen molar-refractivity contribution < 1.29 is 4.74 Å². The molecule has 0 heterocycles. The molecule has 0 aromatic heterocycles. The van der Waals surface area contributed by atoms with Crippen molar-refractivity contribution in [1.82, 2.24) is 0 Å². The van der Waals surface area contributed by atoms with Crippen LogP contribution < -0.4 is 0 Å². The lowest BCUT2D eigenvalue weighted by molar-refractivity contribution is 0.0414. The highest BCUT2D eigenvalue weighted by molar-refractivity contribution is 5.38. The molecule has 1 atom stereocenters. The summed E-state index contributed by atoms with van der Waals surface area (Å²) in [5.74, 6) is -0.107. The van der Waals surface area contributed by atoms with Gasteiger partial charge in [-0.1, -0.05) is 60.7 Å². The van der Waals surface area contributed by atoms with Gasteiger partial charge in [0.1, 0.15) is 0 Å². The molecule has 0 bridgehead atoms. The molecule has 2 nitrogen and oxygen atoms in total. The van der Waals surface area contributed by atoms with Crippen LogP contribution in [0.1, 0.15) is 24.0 Å². The minimum Gasteiger partial charge on any atom is -0.363 e. The number of ether oxygens (including phenoxy) is 1. The fourth-order valence-electron chi connectivity index (χ4n) is 2.35. The zero-order valence-corrected chi connectivity index (χ0v) is 11.2. The summed E-state index contributed by atoms with van der Waals surface area (Å²) in [4.78, 5) is 0. The van der Waals surface area contributed by atoms with Crippen molar-refractivity contribution in [3.8, 4) is 6.07 Å². The maximum atomic E-state index is 9.50. The molecule has 96 valence electrons. The number of rotatable bonds is 4. The highest BCUT2D eigenvalue weighted by Crippen LogP contribution is 2.36. The van der Waals surface area contributed by atoms with Crippen LogP contribution in [-0.2, 0) is 4.74 Å². The normalized spacial score (nSPS) is 13.8. The zero-order chi connectivity index (χ0) is 13.7. The molecule has 19 heavy (non-hydrogen) atoms. The second-order valence-corrected chi connectivity index (χ2v) is 4.68. The van der Waals surface area contributed by atoms with Crippen LogP contribution >= 0.6 is 0 Å². The van der Waals surface area contributed by atoms with E-state index in [-0.39, 0.29) is 5.92 Å². The van der Waals surface area contributed by atoms with Crippen LogP contribution in [0.3, 0.4) is 0 Å². The van der Waals surface area contributed by atoms with Gasteiger partial charge in [0.15, 0.2) is 5.60 Å². The fraction of sp³-hybridized carbons (Fsp3) is 0.235. The molecule has 0 aliphatic heterocycles. The highest BCUT2D eigenvalue weighted by Gasteiger charge is 2.36. The summed E-state index contributed by atoms with van der Waals surface area (Å²) in [5.41, 5.74) is 1.28. The number of methoxy groups -OCH3 is 1. The maximum Gasteiger partial charge on any atom is 0.161 e. The first-order chi connectivity index (χ1) is 9.21. The molecule has 2 aromatic rings. The Labute approximate surface area is 114 Å². The largest absolute Gasteiger partial charge is 0.363 e. The molecular formula is C17H17NO. The first-order valence-electron chi connectivity index (χ1n) is 6.27. The van der Waals surface area contributed by atoms with Gasteiger partial charge in [0.25, 0.3) is 0 Å². The van der Waals surface area contributed by atoms with Crippen molar-refractivity contribution in [2.75, 3.05) is 7.11 Å². The Morgan fingerprint density at radius 1 is 0.947 bits per heavy atom. The minimum atomic E-state index is -0.886. The van der Waals surface area contributed by atoms with Crippen LogP contribution in [0, 0.1) is 11.3 Å². The molecule has 0 aliphatic rings. The third-order valence-corrected chi connectivity index (χ3v) is 3.46. The first-order valence-corrected chi connectivity index (χ1v) is 6.27. The molecule has 2 heteroatoms. The summed E-state index contributed by atoms with van der Waals surface area (Å²) in [7, 11) is 1.59. The molecule has 2 aromatic carbocycles. The van der Waals surface area contributed by atoms with E-state index < -0.39 is 5.60 Å². The van der Waals surface area contributed by atoms with E-state index in [4.69, 9.17) is 4.74 Å².